The Kier molecular flexibility index (Phi) is 3.87. The quantitative estimate of drug-likeness (QED) is 0.882. The molecule has 1 aliphatic rings. The van der Waals surface area contributed by atoms with Gasteiger partial charge in [0.1, 0.15) is 0 Å². The van der Waals surface area contributed by atoms with E-state index >= 15 is 0 Å². The van der Waals surface area contributed by atoms with Crippen LogP contribution < -0.4 is 5.32 Å². The second-order valence-electron chi connectivity index (χ2n) is 4.56. The zero-order valence-electron chi connectivity index (χ0n) is 10.0. The average molecular weight is 242 g/mol. The van der Waals surface area contributed by atoms with Crippen LogP contribution >= 0.6 is 11.6 Å². The van der Waals surface area contributed by atoms with E-state index in [9.17, 15) is 0 Å². The van der Waals surface area contributed by atoms with Gasteiger partial charge >= 0.3 is 0 Å². The number of aromatic nitrogens is 2. The number of hydrogen-bond acceptors (Lipinski definition) is 2. The van der Waals surface area contributed by atoms with Crippen LogP contribution in [0, 0.1) is 0 Å². The molecule has 0 bridgehead atoms. The van der Waals surface area contributed by atoms with Gasteiger partial charge in [0, 0.05) is 19.0 Å². The van der Waals surface area contributed by atoms with Crippen molar-refractivity contribution in [1.29, 1.82) is 0 Å². The molecule has 2 unspecified atom stereocenters. The molecule has 0 radical (unpaired) electrons. The van der Waals surface area contributed by atoms with Gasteiger partial charge in [0.25, 0.3) is 0 Å². The maximum Gasteiger partial charge on any atom is 0.0821 e. The van der Waals surface area contributed by atoms with E-state index in [0.717, 1.165) is 11.6 Å². The number of nitrogens with zero attached hydrogens (tertiary/aromatic N) is 2. The van der Waals surface area contributed by atoms with Crippen LogP contribution in [-0.2, 0) is 7.05 Å². The fraction of sp³-hybridized carbons (Fsp3) is 0.750. The van der Waals surface area contributed by atoms with Crippen LogP contribution in [0.3, 0.4) is 0 Å². The van der Waals surface area contributed by atoms with Gasteiger partial charge in [-0.15, -0.1) is 0 Å². The molecule has 1 aliphatic carbocycles. The van der Waals surface area contributed by atoms with Crippen LogP contribution in [0.4, 0.5) is 0 Å². The molecule has 2 atom stereocenters. The van der Waals surface area contributed by atoms with Crippen molar-refractivity contribution in [2.75, 3.05) is 6.54 Å². The first-order valence-electron chi connectivity index (χ1n) is 6.14. The second kappa shape index (κ2) is 5.19. The van der Waals surface area contributed by atoms with E-state index in [2.05, 4.69) is 17.3 Å². The molecule has 16 heavy (non-hydrogen) atoms. The van der Waals surface area contributed by atoms with Crippen molar-refractivity contribution in [3.8, 4) is 0 Å². The molecular formula is C12H20ClN3. The first-order valence-corrected chi connectivity index (χ1v) is 6.52. The molecule has 2 rings (SSSR count). The lowest BCUT2D eigenvalue weighted by Crippen LogP contribution is -2.37. The fourth-order valence-corrected chi connectivity index (χ4v) is 3.11. The predicted octanol–water partition coefficient (Wildman–Crippen LogP) is 2.71. The van der Waals surface area contributed by atoms with Crippen LogP contribution in [0.15, 0.2) is 6.20 Å². The first kappa shape index (κ1) is 11.9. The Bertz CT molecular complexity index is 327. The average Bonchev–Trinajstić information content (AvgIpc) is 2.60. The van der Waals surface area contributed by atoms with Crippen molar-refractivity contribution >= 4 is 11.6 Å². The highest BCUT2D eigenvalue weighted by Gasteiger charge is 2.29. The Morgan fingerprint density at radius 2 is 2.25 bits per heavy atom. The van der Waals surface area contributed by atoms with Crippen molar-refractivity contribution in [3.63, 3.8) is 0 Å². The zero-order valence-corrected chi connectivity index (χ0v) is 10.8. The van der Waals surface area contributed by atoms with Crippen molar-refractivity contribution in [1.82, 2.24) is 15.1 Å². The number of aryl methyl sites for hydroxylation is 1. The molecule has 0 spiro atoms. The fourth-order valence-electron chi connectivity index (χ4n) is 2.80. The third-order valence-corrected chi connectivity index (χ3v) is 3.81. The molecule has 1 heterocycles. The van der Waals surface area contributed by atoms with Crippen molar-refractivity contribution in [2.24, 2.45) is 7.05 Å². The Morgan fingerprint density at radius 1 is 1.50 bits per heavy atom. The van der Waals surface area contributed by atoms with Crippen molar-refractivity contribution in [3.05, 3.63) is 16.9 Å². The summed E-state index contributed by atoms with van der Waals surface area (Å²) in [5, 5.41) is 8.64. The van der Waals surface area contributed by atoms with Crippen LogP contribution in [0.2, 0.25) is 5.02 Å². The molecule has 1 fully saturated rings. The SMILES string of the molecule is CCNC1CCCCC1c1c(Cl)cnn1C. The Balaban J connectivity index is 2.22. The Labute approximate surface area is 102 Å². The summed E-state index contributed by atoms with van der Waals surface area (Å²) in [5.74, 6) is 0.522. The largest absolute Gasteiger partial charge is 0.314 e. The molecule has 1 aromatic heterocycles. The maximum atomic E-state index is 6.23. The molecule has 0 aliphatic heterocycles. The third kappa shape index (κ3) is 2.25. The molecule has 0 aromatic carbocycles. The molecule has 1 saturated carbocycles. The normalized spacial score (nSPS) is 25.9. The summed E-state index contributed by atoms with van der Waals surface area (Å²) in [7, 11) is 1.98. The molecule has 3 nitrogen and oxygen atoms in total. The topological polar surface area (TPSA) is 29.9 Å². The van der Waals surface area contributed by atoms with Gasteiger partial charge in [0.2, 0.25) is 0 Å². The summed E-state index contributed by atoms with van der Waals surface area (Å²) in [5.41, 5.74) is 1.20. The van der Waals surface area contributed by atoms with Gasteiger partial charge in [-0.2, -0.15) is 5.10 Å². The highest BCUT2D eigenvalue weighted by atomic mass is 35.5. The summed E-state index contributed by atoms with van der Waals surface area (Å²) in [6.07, 6.45) is 6.85. The van der Waals surface area contributed by atoms with E-state index in [4.69, 9.17) is 11.6 Å². The van der Waals surface area contributed by atoms with Crippen molar-refractivity contribution in [2.45, 2.75) is 44.6 Å². The molecule has 0 amide bonds. The lowest BCUT2D eigenvalue weighted by atomic mass is 9.82. The summed E-state index contributed by atoms with van der Waals surface area (Å²) in [4.78, 5) is 0. The van der Waals surface area contributed by atoms with Gasteiger partial charge < -0.3 is 5.32 Å². The number of rotatable bonds is 3. The molecular weight excluding hydrogens is 222 g/mol. The smallest absolute Gasteiger partial charge is 0.0821 e. The van der Waals surface area contributed by atoms with E-state index < -0.39 is 0 Å². The predicted molar refractivity (Wildman–Crippen MR) is 66.9 cm³/mol. The van der Waals surface area contributed by atoms with E-state index in [1.54, 1.807) is 6.20 Å². The summed E-state index contributed by atoms with van der Waals surface area (Å²) >= 11 is 6.23. The monoisotopic (exact) mass is 241 g/mol. The van der Waals surface area contributed by atoms with Gasteiger partial charge in [0.15, 0.2) is 0 Å². The van der Waals surface area contributed by atoms with E-state index in [1.807, 2.05) is 11.7 Å². The van der Waals surface area contributed by atoms with Crippen LogP contribution in [0.25, 0.3) is 0 Å². The molecule has 90 valence electrons. The molecule has 1 aromatic rings. The first-order chi connectivity index (χ1) is 7.74. The highest BCUT2D eigenvalue weighted by molar-refractivity contribution is 6.31. The van der Waals surface area contributed by atoms with Crippen LogP contribution in [-0.4, -0.2) is 22.4 Å². The minimum Gasteiger partial charge on any atom is -0.314 e. The lowest BCUT2D eigenvalue weighted by molar-refractivity contribution is 0.321. The number of halogens is 1. The van der Waals surface area contributed by atoms with Gasteiger partial charge in [-0.1, -0.05) is 31.4 Å². The number of likely N-dealkylation sites (N-methyl/N-ethyl adjacent to an activating group) is 1. The lowest BCUT2D eigenvalue weighted by Gasteiger charge is -2.32. The Hall–Kier alpha value is -0.540. The number of nitrogens with one attached hydrogen (secondary N) is 1. The van der Waals surface area contributed by atoms with Gasteiger partial charge in [-0.05, 0) is 19.4 Å². The van der Waals surface area contributed by atoms with E-state index in [-0.39, 0.29) is 0 Å². The van der Waals surface area contributed by atoms with Crippen LogP contribution in [0.5, 0.6) is 0 Å². The molecule has 0 saturated heterocycles. The summed E-state index contributed by atoms with van der Waals surface area (Å²) < 4.78 is 1.93. The van der Waals surface area contributed by atoms with Crippen LogP contribution in [0.1, 0.15) is 44.2 Å². The maximum absolute atomic E-state index is 6.23. The van der Waals surface area contributed by atoms with E-state index in [1.165, 1.54) is 31.4 Å². The summed E-state index contributed by atoms with van der Waals surface area (Å²) in [6, 6.07) is 0.562. The molecule has 1 N–H and O–H groups in total. The standard InChI is InChI=1S/C12H20ClN3/c1-3-14-11-7-5-4-6-9(11)12-10(13)8-15-16(12)2/h8-9,11,14H,3-7H2,1-2H3. The van der Waals surface area contributed by atoms with Gasteiger partial charge in [-0.3, -0.25) is 4.68 Å². The number of hydrogen-bond donors (Lipinski definition) is 1. The molecule has 4 heteroatoms. The van der Waals surface area contributed by atoms with Gasteiger partial charge in [0.05, 0.1) is 16.9 Å². The third-order valence-electron chi connectivity index (χ3n) is 3.52. The second-order valence-corrected chi connectivity index (χ2v) is 4.96. The van der Waals surface area contributed by atoms with Crippen molar-refractivity contribution < 1.29 is 0 Å². The highest BCUT2D eigenvalue weighted by Crippen LogP contribution is 2.36. The Morgan fingerprint density at radius 3 is 2.88 bits per heavy atom. The summed E-state index contributed by atoms with van der Waals surface area (Å²) in [6.45, 7) is 3.19. The zero-order chi connectivity index (χ0) is 11.5. The minimum absolute atomic E-state index is 0.522. The van der Waals surface area contributed by atoms with E-state index in [0.29, 0.717) is 12.0 Å². The minimum atomic E-state index is 0.522. The van der Waals surface area contributed by atoms with Gasteiger partial charge in [-0.25, -0.2) is 0 Å².